The summed E-state index contributed by atoms with van der Waals surface area (Å²) in [6.07, 6.45) is 10.2. The lowest BCUT2D eigenvalue weighted by atomic mass is 10.2. The minimum atomic E-state index is 0.644. The second-order valence-electron chi connectivity index (χ2n) is 3.12. The number of rotatable bonds is 4. The van der Waals surface area contributed by atoms with E-state index in [0.29, 0.717) is 13.2 Å². The topological polar surface area (TPSA) is 18.5 Å². The highest BCUT2D eigenvalue weighted by Gasteiger charge is 2.09. The summed E-state index contributed by atoms with van der Waals surface area (Å²) in [4.78, 5) is 0. The van der Waals surface area contributed by atoms with Crippen LogP contribution in [0.3, 0.4) is 0 Å². The van der Waals surface area contributed by atoms with Crippen LogP contribution >= 0.6 is 0 Å². The van der Waals surface area contributed by atoms with Gasteiger partial charge in [0.25, 0.3) is 0 Å². The van der Waals surface area contributed by atoms with Crippen LogP contribution in [-0.2, 0) is 9.47 Å². The Morgan fingerprint density at radius 2 is 1.79 bits per heavy atom. The first-order chi connectivity index (χ1) is 6.88. The van der Waals surface area contributed by atoms with Crippen molar-refractivity contribution in [1.82, 2.24) is 0 Å². The van der Waals surface area contributed by atoms with Crippen molar-refractivity contribution in [1.29, 1.82) is 0 Å². The Kier molecular flexibility index (Phi) is 4.90. The zero-order chi connectivity index (χ0) is 10.2. The van der Waals surface area contributed by atoms with Crippen LogP contribution in [-0.4, -0.2) is 13.2 Å². The third-order valence-corrected chi connectivity index (χ3v) is 1.88. The molecule has 0 spiro atoms. The van der Waals surface area contributed by atoms with E-state index in [1.807, 2.05) is 25.2 Å². The molecule has 1 heterocycles. The smallest absolute Gasteiger partial charge is 0.161 e. The molecule has 78 valence electrons. The van der Waals surface area contributed by atoms with Crippen LogP contribution in [0.25, 0.3) is 0 Å². The van der Waals surface area contributed by atoms with Gasteiger partial charge in [0.05, 0.1) is 0 Å². The van der Waals surface area contributed by atoms with Crippen LogP contribution in [0.15, 0.2) is 35.8 Å². The van der Waals surface area contributed by atoms with E-state index in [1.165, 1.54) is 0 Å². The van der Waals surface area contributed by atoms with Crippen molar-refractivity contribution in [3.05, 3.63) is 35.8 Å². The van der Waals surface area contributed by atoms with Gasteiger partial charge < -0.3 is 9.47 Å². The minimum absolute atomic E-state index is 0.644. The molecule has 0 atom stereocenters. The van der Waals surface area contributed by atoms with E-state index in [1.54, 1.807) is 0 Å². The Bertz CT molecular complexity index is 249. The standard InChI is InChI=1S/C12H18O2/c1-3-5-6-8-12-11(7-4-2)13-9-10-14-12/h4,6-8H,3,5,9-10H2,1-2H3/b7-4-,8-6-. The van der Waals surface area contributed by atoms with Crippen LogP contribution < -0.4 is 0 Å². The van der Waals surface area contributed by atoms with Gasteiger partial charge in [-0.2, -0.15) is 0 Å². The Labute approximate surface area is 85.9 Å². The van der Waals surface area contributed by atoms with Gasteiger partial charge in [-0.15, -0.1) is 0 Å². The lowest BCUT2D eigenvalue weighted by Crippen LogP contribution is -2.11. The molecule has 0 saturated heterocycles. The fraction of sp³-hybridized carbons (Fsp3) is 0.500. The van der Waals surface area contributed by atoms with Crippen molar-refractivity contribution >= 4 is 0 Å². The van der Waals surface area contributed by atoms with Gasteiger partial charge in [0, 0.05) is 0 Å². The molecule has 0 aliphatic carbocycles. The first-order valence-corrected chi connectivity index (χ1v) is 5.17. The molecule has 0 radical (unpaired) electrons. The highest BCUT2D eigenvalue weighted by molar-refractivity contribution is 5.25. The van der Waals surface area contributed by atoms with E-state index >= 15 is 0 Å². The maximum Gasteiger partial charge on any atom is 0.161 e. The highest BCUT2D eigenvalue weighted by Crippen LogP contribution is 2.16. The third-order valence-electron chi connectivity index (χ3n) is 1.88. The molecule has 2 heteroatoms. The lowest BCUT2D eigenvalue weighted by molar-refractivity contribution is 0.0768. The fourth-order valence-corrected chi connectivity index (χ4v) is 1.21. The molecule has 0 unspecified atom stereocenters. The minimum Gasteiger partial charge on any atom is -0.486 e. The van der Waals surface area contributed by atoms with Gasteiger partial charge in [-0.1, -0.05) is 25.5 Å². The van der Waals surface area contributed by atoms with E-state index in [4.69, 9.17) is 9.47 Å². The van der Waals surface area contributed by atoms with Crippen molar-refractivity contribution in [2.24, 2.45) is 0 Å². The summed E-state index contributed by atoms with van der Waals surface area (Å²) < 4.78 is 11.0. The predicted molar refractivity (Wildman–Crippen MR) is 57.8 cm³/mol. The Balaban J connectivity index is 2.67. The zero-order valence-corrected chi connectivity index (χ0v) is 8.95. The zero-order valence-electron chi connectivity index (χ0n) is 8.95. The van der Waals surface area contributed by atoms with Gasteiger partial charge in [-0.25, -0.2) is 0 Å². The molecular formula is C12H18O2. The Morgan fingerprint density at radius 1 is 1.14 bits per heavy atom. The average Bonchev–Trinajstić information content (AvgIpc) is 2.21. The van der Waals surface area contributed by atoms with Gasteiger partial charge in [0.1, 0.15) is 13.2 Å². The van der Waals surface area contributed by atoms with E-state index < -0.39 is 0 Å². The molecule has 0 N–H and O–H groups in total. The predicted octanol–water partition coefficient (Wildman–Crippen LogP) is 3.18. The highest BCUT2D eigenvalue weighted by atomic mass is 16.6. The van der Waals surface area contributed by atoms with Crippen molar-refractivity contribution in [2.45, 2.75) is 26.7 Å². The Morgan fingerprint density at radius 3 is 2.36 bits per heavy atom. The van der Waals surface area contributed by atoms with Crippen molar-refractivity contribution in [2.75, 3.05) is 13.2 Å². The number of unbranched alkanes of at least 4 members (excludes halogenated alkanes) is 1. The molecule has 0 saturated carbocycles. The van der Waals surface area contributed by atoms with Crippen LogP contribution in [0.2, 0.25) is 0 Å². The number of hydrogen-bond donors (Lipinski definition) is 0. The van der Waals surface area contributed by atoms with Crippen molar-refractivity contribution < 1.29 is 9.47 Å². The van der Waals surface area contributed by atoms with Gasteiger partial charge in [0.2, 0.25) is 0 Å². The largest absolute Gasteiger partial charge is 0.486 e. The van der Waals surface area contributed by atoms with Crippen molar-refractivity contribution in [3.63, 3.8) is 0 Å². The molecule has 0 aromatic heterocycles. The number of ether oxygens (including phenoxy) is 2. The lowest BCUT2D eigenvalue weighted by Gasteiger charge is -2.18. The second-order valence-corrected chi connectivity index (χ2v) is 3.12. The first kappa shape index (κ1) is 10.9. The summed E-state index contributed by atoms with van der Waals surface area (Å²) >= 11 is 0. The van der Waals surface area contributed by atoms with Crippen LogP contribution in [0, 0.1) is 0 Å². The molecule has 1 aliphatic heterocycles. The molecule has 14 heavy (non-hydrogen) atoms. The van der Waals surface area contributed by atoms with E-state index in [0.717, 1.165) is 24.4 Å². The van der Waals surface area contributed by atoms with Gasteiger partial charge in [0.15, 0.2) is 11.5 Å². The molecule has 0 amide bonds. The van der Waals surface area contributed by atoms with Crippen LogP contribution in [0.5, 0.6) is 0 Å². The van der Waals surface area contributed by atoms with Crippen LogP contribution in [0.1, 0.15) is 26.7 Å². The molecular weight excluding hydrogens is 176 g/mol. The SMILES string of the molecule is C/C=C\C1=C(/C=C\CCC)OCCO1. The normalized spacial score (nSPS) is 17.6. The fourth-order valence-electron chi connectivity index (χ4n) is 1.21. The molecule has 0 aromatic rings. The summed E-state index contributed by atoms with van der Waals surface area (Å²) in [5, 5.41) is 0. The summed E-state index contributed by atoms with van der Waals surface area (Å²) in [6.45, 7) is 5.42. The molecule has 2 nitrogen and oxygen atoms in total. The van der Waals surface area contributed by atoms with E-state index in [-0.39, 0.29) is 0 Å². The summed E-state index contributed by atoms with van der Waals surface area (Å²) in [6, 6.07) is 0. The molecule has 0 aromatic carbocycles. The maximum absolute atomic E-state index is 5.51. The third kappa shape index (κ3) is 3.29. The summed E-state index contributed by atoms with van der Waals surface area (Å²) in [7, 11) is 0. The maximum atomic E-state index is 5.51. The monoisotopic (exact) mass is 194 g/mol. The summed E-state index contributed by atoms with van der Waals surface area (Å²) in [5.41, 5.74) is 0. The average molecular weight is 194 g/mol. The van der Waals surface area contributed by atoms with Crippen molar-refractivity contribution in [3.8, 4) is 0 Å². The molecule has 1 aliphatic rings. The van der Waals surface area contributed by atoms with E-state index in [9.17, 15) is 0 Å². The molecule has 0 fully saturated rings. The van der Waals surface area contributed by atoms with Gasteiger partial charge in [-0.3, -0.25) is 0 Å². The number of allylic oxidation sites excluding steroid dienone is 4. The van der Waals surface area contributed by atoms with E-state index in [2.05, 4.69) is 13.0 Å². The van der Waals surface area contributed by atoms with Gasteiger partial charge in [-0.05, 0) is 25.5 Å². The van der Waals surface area contributed by atoms with Gasteiger partial charge >= 0.3 is 0 Å². The molecule has 1 rings (SSSR count). The summed E-state index contributed by atoms with van der Waals surface area (Å²) in [5.74, 6) is 1.69. The first-order valence-electron chi connectivity index (χ1n) is 5.17. The Hall–Kier alpha value is -1.18. The number of hydrogen-bond acceptors (Lipinski definition) is 2. The van der Waals surface area contributed by atoms with Crippen LogP contribution in [0.4, 0.5) is 0 Å². The second kappa shape index (κ2) is 6.30. The quantitative estimate of drug-likeness (QED) is 0.684. The molecule has 0 bridgehead atoms.